The van der Waals surface area contributed by atoms with Crippen molar-refractivity contribution in [2.24, 2.45) is 0 Å². The molecule has 1 amide bonds. The van der Waals surface area contributed by atoms with Gasteiger partial charge in [-0.15, -0.1) is 0 Å². The average molecular weight is 339 g/mol. The molecule has 1 N–H and O–H groups in total. The number of ketones is 1. The maximum Gasteiger partial charge on any atom is 0.310 e. The highest BCUT2D eigenvalue weighted by atomic mass is 16.5. The number of Topliss-reactive ketones (excluding diaryl/α,β-unsaturated/α-hetero) is 1. The Hall–Kier alpha value is -3.15. The molecular weight excluding hydrogens is 322 g/mol. The molecule has 2 aromatic rings. The van der Waals surface area contributed by atoms with Gasteiger partial charge in [0.05, 0.1) is 12.1 Å². The Labute approximate surface area is 144 Å². The van der Waals surface area contributed by atoms with Crippen LogP contribution in [0.5, 0.6) is 5.75 Å². The number of rotatable bonds is 5. The number of hydrogen-bond acceptors (Lipinski definition) is 5. The average Bonchev–Trinajstić information content (AvgIpc) is 2.61. The van der Waals surface area contributed by atoms with Crippen LogP contribution in [-0.2, 0) is 20.7 Å². The van der Waals surface area contributed by atoms with Crippen LogP contribution in [0.25, 0.3) is 0 Å². The van der Waals surface area contributed by atoms with E-state index in [-0.39, 0.29) is 31.3 Å². The minimum absolute atomic E-state index is 0.0448. The van der Waals surface area contributed by atoms with E-state index < -0.39 is 5.97 Å². The van der Waals surface area contributed by atoms with E-state index in [9.17, 15) is 14.4 Å². The van der Waals surface area contributed by atoms with Crippen LogP contribution in [0.1, 0.15) is 21.5 Å². The first-order valence-corrected chi connectivity index (χ1v) is 7.83. The van der Waals surface area contributed by atoms with Crippen molar-refractivity contribution >= 4 is 23.3 Å². The van der Waals surface area contributed by atoms with Crippen molar-refractivity contribution in [1.29, 1.82) is 0 Å². The minimum Gasteiger partial charge on any atom is -0.482 e. The summed E-state index contributed by atoms with van der Waals surface area (Å²) in [4.78, 5) is 35.5. The monoisotopic (exact) mass is 339 g/mol. The number of nitrogens with one attached hydrogen (secondary N) is 1. The minimum atomic E-state index is -0.461. The van der Waals surface area contributed by atoms with Crippen molar-refractivity contribution < 1.29 is 23.9 Å². The van der Waals surface area contributed by atoms with Gasteiger partial charge in [-0.1, -0.05) is 24.3 Å². The molecule has 6 heteroatoms. The zero-order chi connectivity index (χ0) is 17.8. The van der Waals surface area contributed by atoms with Gasteiger partial charge >= 0.3 is 5.97 Å². The highest BCUT2D eigenvalue weighted by Crippen LogP contribution is 2.28. The number of esters is 1. The number of amides is 1. The summed E-state index contributed by atoms with van der Waals surface area (Å²) in [6.45, 7) is 1.52. The van der Waals surface area contributed by atoms with Gasteiger partial charge in [-0.2, -0.15) is 0 Å². The molecule has 0 saturated carbocycles. The number of anilines is 1. The second kappa shape index (κ2) is 7.17. The first-order valence-electron chi connectivity index (χ1n) is 7.83. The third kappa shape index (κ3) is 4.03. The van der Waals surface area contributed by atoms with Gasteiger partial charge in [0, 0.05) is 5.56 Å². The van der Waals surface area contributed by atoms with Gasteiger partial charge in [-0.25, -0.2) is 0 Å². The molecule has 0 aliphatic carbocycles. The Morgan fingerprint density at radius 3 is 2.80 bits per heavy atom. The van der Waals surface area contributed by atoms with E-state index in [1.54, 1.807) is 12.1 Å². The van der Waals surface area contributed by atoms with Crippen molar-refractivity contribution in [2.75, 3.05) is 18.5 Å². The fraction of sp³-hybridized carbons (Fsp3) is 0.211. The van der Waals surface area contributed by atoms with E-state index in [0.29, 0.717) is 17.0 Å². The summed E-state index contributed by atoms with van der Waals surface area (Å²) in [5.74, 6) is -0.576. The number of hydrogen-bond donors (Lipinski definition) is 1. The van der Waals surface area contributed by atoms with Crippen LogP contribution in [0.3, 0.4) is 0 Å². The summed E-state index contributed by atoms with van der Waals surface area (Å²) in [7, 11) is 0. The lowest BCUT2D eigenvalue weighted by Crippen LogP contribution is -2.25. The molecule has 0 saturated heterocycles. The Morgan fingerprint density at radius 1 is 1.20 bits per heavy atom. The van der Waals surface area contributed by atoms with Crippen LogP contribution >= 0.6 is 0 Å². The zero-order valence-corrected chi connectivity index (χ0v) is 13.7. The normalized spacial score (nSPS) is 12.6. The molecule has 0 aromatic heterocycles. The van der Waals surface area contributed by atoms with E-state index in [2.05, 4.69) is 5.32 Å². The van der Waals surface area contributed by atoms with E-state index in [1.165, 1.54) is 6.07 Å². The Bertz CT molecular complexity index is 843. The molecule has 6 nitrogen and oxygen atoms in total. The molecule has 0 spiro atoms. The molecule has 0 fully saturated rings. The van der Waals surface area contributed by atoms with Crippen LogP contribution in [0.2, 0.25) is 0 Å². The van der Waals surface area contributed by atoms with Gasteiger partial charge in [0.15, 0.2) is 19.0 Å². The van der Waals surface area contributed by atoms with Crippen molar-refractivity contribution in [1.82, 2.24) is 0 Å². The number of fused-ring (bicyclic) bond motifs is 1. The zero-order valence-electron chi connectivity index (χ0n) is 13.7. The topological polar surface area (TPSA) is 81.7 Å². The smallest absolute Gasteiger partial charge is 0.310 e. The molecule has 2 aromatic carbocycles. The van der Waals surface area contributed by atoms with Crippen LogP contribution in [0.15, 0.2) is 42.5 Å². The second-order valence-electron chi connectivity index (χ2n) is 5.73. The first-order chi connectivity index (χ1) is 12.0. The molecule has 0 radical (unpaired) electrons. The lowest BCUT2D eigenvalue weighted by atomic mass is 10.1. The van der Waals surface area contributed by atoms with Gasteiger partial charge in [0.1, 0.15) is 5.75 Å². The lowest BCUT2D eigenvalue weighted by Gasteiger charge is -2.18. The molecule has 128 valence electrons. The summed E-state index contributed by atoms with van der Waals surface area (Å²) in [6, 6.07) is 12.2. The highest BCUT2D eigenvalue weighted by Gasteiger charge is 2.18. The molecule has 1 aliphatic heterocycles. The van der Waals surface area contributed by atoms with Gasteiger partial charge in [-0.05, 0) is 36.2 Å². The predicted molar refractivity (Wildman–Crippen MR) is 90.7 cm³/mol. The molecule has 0 atom stereocenters. The number of carbonyl (C=O) groups excluding carboxylic acids is 3. The predicted octanol–water partition coefficient (Wildman–Crippen LogP) is 2.29. The fourth-order valence-corrected chi connectivity index (χ4v) is 2.50. The summed E-state index contributed by atoms with van der Waals surface area (Å²) in [6.07, 6.45) is 0.119. The van der Waals surface area contributed by atoms with E-state index in [1.807, 2.05) is 31.2 Å². The number of aryl methyl sites for hydroxylation is 1. The summed E-state index contributed by atoms with van der Waals surface area (Å²) in [5.41, 5.74) is 2.64. The third-order valence-electron chi connectivity index (χ3n) is 3.89. The van der Waals surface area contributed by atoms with E-state index in [4.69, 9.17) is 9.47 Å². The second-order valence-corrected chi connectivity index (χ2v) is 5.73. The van der Waals surface area contributed by atoms with Gasteiger partial charge in [-0.3, -0.25) is 14.4 Å². The van der Waals surface area contributed by atoms with Crippen LogP contribution in [-0.4, -0.2) is 30.9 Å². The number of ether oxygens (including phenoxy) is 2. The molecule has 1 aliphatic rings. The van der Waals surface area contributed by atoms with E-state index >= 15 is 0 Å². The van der Waals surface area contributed by atoms with E-state index in [0.717, 1.165) is 11.1 Å². The molecule has 0 unspecified atom stereocenters. The highest BCUT2D eigenvalue weighted by molar-refractivity contribution is 6.01. The third-order valence-corrected chi connectivity index (χ3v) is 3.89. The van der Waals surface area contributed by atoms with Crippen molar-refractivity contribution in [3.8, 4) is 5.75 Å². The van der Waals surface area contributed by atoms with Crippen molar-refractivity contribution in [3.05, 3.63) is 59.2 Å². The van der Waals surface area contributed by atoms with Gasteiger partial charge < -0.3 is 14.8 Å². The molecule has 3 rings (SSSR count). The standard InChI is InChI=1S/C19H17NO5/c1-12-4-2-3-5-13(12)9-19(23)25-10-16(21)14-6-7-17-15(8-14)20-18(22)11-24-17/h2-8H,9-11H2,1H3,(H,20,22). The first kappa shape index (κ1) is 16.7. The summed E-state index contributed by atoms with van der Waals surface area (Å²) in [5, 5.41) is 2.64. The molecular formula is C19H17NO5. The Balaban J connectivity index is 1.59. The largest absolute Gasteiger partial charge is 0.482 e. The molecule has 0 bridgehead atoms. The number of carbonyl (C=O) groups is 3. The molecule has 25 heavy (non-hydrogen) atoms. The maximum absolute atomic E-state index is 12.2. The quantitative estimate of drug-likeness (QED) is 0.668. The summed E-state index contributed by atoms with van der Waals surface area (Å²) < 4.78 is 10.3. The Morgan fingerprint density at radius 2 is 2.00 bits per heavy atom. The van der Waals surface area contributed by atoms with Crippen molar-refractivity contribution in [3.63, 3.8) is 0 Å². The van der Waals surface area contributed by atoms with Gasteiger partial charge in [0.25, 0.3) is 5.91 Å². The van der Waals surface area contributed by atoms with Crippen LogP contribution < -0.4 is 10.1 Å². The number of benzene rings is 2. The van der Waals surface area contributed by atoms with Crippen LogP contribution in [0.4, 0.5) is 5.69 Å². The van der Waals surface area contributed by atoms with Gasteiger partial charge in [0.2, 0.25) is 0 Å². The van der Waals surface area contributed by atoms with Crippen LogP contribution in [0, 0.1) is 6.92 Å². The molecule has 1 heterocycles. The van der Waals surface area contributed by atoms with Crippen molar-refractivity contribution in [2.45, 2.75) is 13.3 Å². The fourth-order valence-electron chi connectivity index (χ4n) is 2.50. The SMILES string of the molecule is Cc1ccccc1CC(=O)OCC(=O)c1ccc2c(c1)NC(=O)CO2. The summed E-state index contributed by atoms with van der Waals surface area (Å²) >= 11 is 0. The Kier molecular flexibility index (Phi) is 4.79. The maximum atomic E-state index is 12.2. The lowest BCUT2D eigenvalue weighted by molar-refractivity contribution is -0.141.